The van der Waals surface area contributed by atoms with Crippen LogP contribution >= 0.6 is 0 Å². The van der Waals surface area contributed by atoms with Crippen LogP contribution in [0.15, 0.2) is 76.1 Å². The van der Waals surface area contributed by atoms with Gasteiger partial charge in [-0.15, -0.1) is 0 Å². The number of aromatic hydroxyl groups is 2. The van der Waals surface area contributed by atoms with Gasteiger partial charge in [0.25, 0.3) is 0 Å². The number of rotatable bonds is 7. The third kappa shape index (κ3) is 7.14. The normalized spacial score (nSPS) is 11.9. The first-order valence-electron chi connectivity index (χ1n) is 11.3. The third-order valence-corrected chi connectivity index (χ3v) is 5.61. The molecule has 1 aromatic heterocycles. The van der Waals surface area contributed by atoms with E-state index in [9.17, 15) is 42.5 Å². The van der Waals surface area contributed by atoms with Gasteiger partial charge in [0.15, 0.2) is 0 Å². The number of aliphatic carboxylic acids is 2. The van der Waals surface area contributed by atoms with Gasteiger partial charge in [-0.3, -0.25) is 14.9 Å². The zero-order chi connectivity index (χ0) is 29.6. The van der Waals surface area contributed by atoms with Crippen LogP contribution in [0, 0.1) is 5.82 Å². The van der Waals surface area contributed by atoms with Crippen LogP contribution in [0.25, 0.3) is 22.1 Å². The highest BCUT2D eigenvalue weighted by Crippen LogP contribution is 2.34. The Hall–Kier alpha value is -4.91. The van der Waals surface area contributed by atoms with Crippen molar-refractivity contribution >= 4 is 22.9 Å². The highest BCUT2D eigenvalue weighted by atomic mass is 19.4. The Morgan fingerprint density at radius 1 is 0.950 bits per heavy atom. The fourth-order valence-corrected chi connectivity index (χ4v) is 3.65. The maximum Gasteiger partial charge on any atom is 0.490 e. The summed E-state index contributed by atoms with van der Waals surface area (Å²) < 4.78 is 50.6. The Labute approximate surface area is 222 Å². The number of alkyl halides is 3. The first kappa shape index (κ1) is 29.6. The Morgan fingerprint density at radius 3 is 2.10 bits per heavy atom. The first-order valence-corrected chi connectivity index (χ1v) is 11.3. The lowest BCUT2D eigenvalue weighted by Crippen LogP contribution is -2.38. The summed E-state index contributed by atoms with van der Waals surface area (Å²) >= 11 is 0. The summed E-state index contributed by atoms with van der Waals surface area (Å²) in [5, 5.41) is 40.1. The van der Waals surface area contributed by atoms with Crippen LogP contribution in [0.2, 0.25) is 0 Å². The van der Waals surface area contributed by atoms with Crippen LogP contribution in [0.4, 0.5) is 17.6 Å². The molecule has 1 heterocycles. The Morgan fingerprint density at radius 2 is 1.55 bits per heavy atom. The molecular weight excluding hydrogens is 542 g/mol. The number of hydrogen-bond acceptors (Lipinski definition) is 7. The third-order valence-electron chi connectivity index (χ3n) is 5.61. The van der Waals surface area contributed by atoms with Gasteiger partial charge in [0.05, 0.1) is 11.1 Å². The predicted octanol–water partition coefficient (Wildman–Crippen LogP) is 4.43. The summed E-state index contributed by atoms with van der Waals surface area (Å²) in [5.74, 6) is -5.14. The maximum absolute atomic E-state index is 13.2. The minimum absolute atomic E-state index is 0.0697. The van der Waals surface area contributed by atoms with E-state index in [-0.39, 0.29) is 40.8 Å². The molecule has 5 N–H and O–H groups in total. The summed E-state index contributed by atoms with van der Waals surface area (Å²) in [4.78, 5) is 33.7. The van der Waals surface area contributed by atoms with E-state index in [1.165, 1.54) is 30.5 Å². The summed E-state index contributed by atoms with van der Waals surface area (Å²) in [6.07, 6.45) is -3.72. The van der Waals surface area contributed by atoms with Crippen molar-refractivity contribution in [1.82, 2.24) is 5.32 Å². The predicted molar refractivity (Wildman–Crippen MR) is 133 cm³/mol. The van der Waals surface area contributed by atoms with Gasteiger partial charge >= 0.3 is 18.1 Å². The first-order chi connectivity index (χ1) is 18.8. The smallest absolute Gasteiger partial charge is 0.490 e. The molecule has 4 aromatic rings. The molecule has 0 aliphatic rings. The Kier molecular flexibility index (Phi) is 9.11. The molecule has 13 heteroatoms. The van der Waals surface area contributed by atoms with Gasteiger partial charge in [0, 0.05) is 12.6 Å². The summed E-state index contributed by atoms with van der Waals surface area (Å²) in [6.45, 7) is -0.134. The number of phenolic OH excluding ortho intramolecular Hbond substituents is 2. The highest BCUT2D eigenvalue weighted by Gasteiger charge is 2.38. The van der Waals surface area contributed by atoms with Crippen LogP contribution in [0.1, 0.15) is 11.1 Å². The molecule has 1 atom stereocenters. The van der Waals surface area contributed by atoms with E-state index in [0.29, 0.717) is 5.56 Å². The highest BCUT2D eigenvalue weighted by molar-refractivity contribution is 5.90. The fraction of sp³-hybridized carbons (Fsp3) is 0.148. The number of nitrogens with one attached hydrogen (secondary N) is 1. The monoisotopic (exact) mass is 563 g/mol. The van der Waals surface area contributed by atoms with Crippen molar-refractivity contribution in [3.8, 4) is 22.6 Å². The van der Waals surface area contributed by atoms with E-state index < -0.39 is 41.2 Å². The van der Waals surface area contributed by atoms with Crippen molar-refractivity contribution in [2.75, 3.05) is 0 Å². The zero-order valence-corrected chi connectivity index (χ0v) is 20.3. The second-order valence-corrected chi connectivity index (χ2v) is 8.35. The molecule has 0 amide bonds. The summed E-state index contributed by atoms with van der Waals surface area (Å²) in [6, 6.07) is 14.3. The molecule has 40 heavy (non-hydrogen) atoms. The second kappa shape index (κ2) is 12.3. The topological polar surface area (TPSA) is 157 Å². The van der Waals surface area contributed by atoms with Crippen LogP contribution in [-0.2, 0) is 22.6 Å². The van der Waals surface area contributed by atoms with Crippen LogP contribution < -0.4 is 10.7 Å². The molecule has 0 aliphatic heterocycles. The van der Waals surface area contributed by atoms with Crippen molar-refractivity contribution in [3.63, 3.8) is 0 Å². The van der Waals surface area contributed by atoms with Crippen molar-refractivity contribution in [3.05, 3.63) is 94.1 Å². The Balaban J connectivity index is 0.000000559. The number of phenols is 2. The SMILES string of the molecule is O=C(O)C(Cc1ccccc1)NCc1c(O)cc(O)c2c(=O)c(-c3ccc(F)cc3)coc12.O=C(O)C(F)(F)F. The Bertz CT molecular complexity index is 1570. The van der Waals surface area contributed by atoms with Gasteiger partial charge in [-0.1, -0.05) is 42.5 Å². The van der Waals surface area contributed by atoms with Gasteiger partial charge in [-0.05, 0) is 29.7 Å². The molecule has 0 saturated heterocycles. The van der Waals surface area contributed by atoms with Crippen molar-refractivity contribution in [1.29, 1.82) is 0 Å². The van der Waals surface area contributed by atoms with Crippen LogP contribution in [-0.4, -0.2) is 44.6 Å². The second-order valence-electron chi connectivity index (χ2n) is 8.35. The van der Waals surface area contributed by atoms with E-state index in [0.717, 1.165) is 11.6 Å². The van der Waals surface area contributed by atoms with Gasteiger partial charge in [-0.25, -0.2) is 9.18 Å². The largest absolute Gasteiger partial charge is 0.507 e. The number of carboxylic acids is 2. The fourth-order valence-electron chi connectivity index (χ4n) is 3.65. The number of fused-ring (bicyclic) bond motifs is 1. The molecule has 0 radical (unpaired) electrons. The summed E-state index contributed by atoms with van der Waals surface area (Å²) in [5.41, 5.74) is 0.806. The molecule has 0 bridgehead atoms. The standard InChI is InChI=1S/C25H20FNO6.C2HF3O2/c26-16-8-6-15(7-9-16)18-13-33-24-17(20(28)11-21(29)22(24)23(18)30)12-27-19(25(31)32)10-14-4-2-1-3-5-14;3-2(4,5)1(6)7/h1-9,11,13,19,27-29H,10,12H2,(H,31,32);(H,6,7). The number of benzene rings is 3. The van der Waals surface area contributed by atoms with E-state index in [1.807, 2.05) is 6.07 Å². The lowest BCUT2D eigenvalue weighted by atomic mass is 10.0. The van der Waals surface area contributed by atoms with Crippen molar-refractivity contribution in [2.24, 2.45) is 0 Å². The number of halogens is 4. The number of carbonyl (C=O) groups is 2. The zero-order valence-electron chi connectivity index (χ0n) is 20.3. The molecule has 0 fully saturated rings. The van der Waals surface area contributed by atoms with Gasteiger partial charge < -0.3 is 24.8 Å². The molecule has 1 unspecified atom stereocenters. The minimum atomic E-state index is -5.08. The quantitative estimate of drug-likeness (QED) is 0.205. The van der Waals surface area contributed by atoms with E-state index >= 15 is 0 Å². The number of carboxylic acid groups (broad SMARTS) is 2. The maximum atomic E-state index is 13.2. The molecule has 0 aliphatic carbocycles. The van der Waals surface area contributed by atoms with Crippen molar-refractivity contribution in [2.45, 2.75) is 25.2 Å². The van der Waals surface area contributed by atoms with E-state index in [1.54, 1.807) is 24.3 Å². The van der Waals surface area contributed by atoms with E-state index in [4.69, 9.17) is 14.3 Å². The average Bonchev–Trinajstić information content (AvgIpc) is 2.88. The van der Waals surface area contributed by atoms with Gasteiger partial charge in [0.1, 0.15) is 40.6 Å². The minimum Gasteiger partial charge on any atom is -0.507 e. The molecule has 3 aromatic carbocycles. The molecule has 0 spiro atoms. The molecule has 4 rings (SSSR count). The van der Waals surface area contributed by atoms with Gasteiger partial charge in [0.2, 0.25) is 5.43 Å². The lowest BCUT2D eigenvalue weighted by molar-refractivity contribution is -0.192. The molecule has 9 nitrogen and oxygen atoms in total. The molecular formula is C27H21F4NO8. The van der Waals surface area contributed by atoms with Gasteiger partial charge in [-0.2, -0.15) is 13.2 Å². The molecule has 0 saturated carbocycles. The van der Waals surface area contributed by atoms with E-state index in [2.05, 4.69) is 5.32 Å². The average molecular weight is 563 g/mol. The van der Waals surface area contributed by atoms with Crippen LogP contribution in [0.3, 0.4) is 0 Å². The van der Waals surface area contributed by atoms with Crippen LogP contribution in [0.5, 0.6) is 11.5 Å². The lowest BCUT2D eigenvalue weighted by Gasteiger charge is -2.16. The van der Waals surface area contributed by atoms with Crippen molar-refractivity contribution < 1.29 is 52.0 Å². The molecule has 210 valence electrons. The number of hydrogen-bond donors (Lipinski definition) is 5. The summed E-state index contributed by atoms with van der Waals surface area (Å²) in [7, 11) is 0.